The van der Waals surface area contributed by atoms with Crippen LogP contribution in [0, 0.1) is 0 Å². The SMILES string of the molecule is Clc1ncccc1COC1CCC1. The van der Waals surface area contributed by atoms with E-state index in [1.165, 1.54) is 19.3 Å². The van der Waals surface area contributed by atoms with Crippen molar-refractivity contribution in [3.63, 3.8) is 0 Å². The molecular weight excluding hydrogens is 186 g/mol. The molecule has 1 aliphatic carbocycles. The van der Waals surface area contributed by atoms with Crippen molar-refractivity contribution in [1.29, 1.82) is 0 Å². The molecule has 0 atom stereocenters. The van der Waals surface area contributed by atoms with Crippen LogP contribution in [0.15, 0.2) is 18.3 Å². The van der Waals surface area contributed by atoms with E-state index >= 15 is 0 Å². The lowest BCUT2D eigenvalue weighted by Crippen LogP contribution is -2.21. The fourth-order valence-corrected chi connectivity index (χ4v) is 1.45. The van der Waals surface area contributed by atoms with Gasteiger partial charge in [-0.2, -0.15) is 0 Å². The summed E-state index contributed by atoms with van der Waals surface area (Å²) >= 11 is 5.88. The minimum absolute atomic E-state index is 0.455. The van der Waals surface area contributed by atoms with Gasteiger partial charge in [0.05, 0.1) is 12.7 Å². The maximum Gasteiger partial charge on any atom is 0.134 e. The molecule has 0 spiro atoms. The van der Waals surface area contributed by atoms with Crippen molar-refractivity contribution >= 4 is 11.6 Å². The van der Waals surface area contributed by atoms with E-state index in [4.69, 9.17) is 16.3 Å². The van der Waals surface area contributed by atoms with E-state index in [-0.39, 0.29) is 0 Å². The number of rotatable bonds is 3. The molecule has 0 N–H and O–H groups in total. The summed E-state index contributed by atoms with van der Waals surface area (Å²) in [6.45, 7) is 0.595. The van der Waals surface area contributed by atoms with E-state index < -0.39 is 0 Å². The molecule has 0 amide bonds. The Morgan fingerprint density at radius 1 is 1.54 bits per heavy atom. The summed E-state index contributed by atoms with van der Waals surface area (Å²) in [5, 5.41) is 0.557. The normalized spacial score (nSPS) is 17.0. The highest BCUT2D eigenvalue weighted by Gasteiger charge is 2.17. The fraction of sp³-hybridized carbons (Fsp3) is 0.500. The molecule has 1 fully saturated rings. The molecule has 0 saturated heterocycles. The van der Waals surface area contributed by atoms with Crippen molar-refractivity contribution in [3.8, 4) is 0 Å². The third-order valence-electron chi connectivity index (χ3n) is 2.36. The van der Waals surface area contributed by atoms with Crippen LogP contribution in [0.4, 0.5) is 0 Å². The van der Waals surface area contributed by atoms with Crippen molar-refractivity contribution < 1.29 is 4.74 Å². The van der Waals surface area contributed by atoms with Crippen LogP contribution in [0.5, 0.6) is 0 Å². The van der Waals surface area contributed by atoms with E-state index in [2.05, 4.69) is 4.98 Å². The second kappa shape index (κ2) is 4.07. The minimum Gasteiger partial charge on any atom is -0.373 e. The highest BCUT2D eigenvalue weighted by molar-refractivity contribution is 6.30. The van der Waals surface area contributed by atoms with Crippen LogP contribution in [0.2, 0.25) is 5.15 Å². The summed E-state index contributed by atoms with van der Waals surface area (Å²) in [4.78, 5) is 3.99. The third-order valence-corrected chi connectivity index (χ3v) is 2.70. The van der Waals surface area contributed by atoms with Gasteiger partial charge >= 0.3 is 0 Å². The summed E-state index contributed by atoms with van der Waals surface area (Å²) in [6.07, 6.45) is 5.83. The fourth-order valence-electron chi connectivity index (χ4n) is 1.27. The average Bonchev–Trinajstić information content (AvgIpc) is 2.05. The summed E-state index contributed by atoms with van der Waals surface area (Å²) in [5.41, 5.74) is 0.982. The highest BCUT2D eigenvalue weighted by Crippen LogP contribution is 2.24. The predicted molar refractivity (Wildman–Crippen MR) is 51.7 cm³/mol. The molecule has 13 heavy (non-hydrogen) atoms. The second-order valence-electron chi connectivity index (χ2n) is 3.32. The molecule has 1 aromatic rings. The van der Waals surface area contributed by atoms with Gasteiger partial charge in [0.15, 0.2) is 0 Å². The molecule has 70 valence electrons. The summed E-state index contributed by atoms with van der Waals surface area (Å²) < 4.78 is 5.62. The van der Waals surface area contributed by atoms with Crippen LogP contribution in [-0.4, -0.2) is 11.1 Å². The van der Waals surface area contributed by atoms with Gasteiger partial charge in [0.1, 0.15) is 5.15 Å². The third kappa shape index (κ3) is 2.20. The molecule has 0 unspecified atom stereocenters. The zero-order chi connectivity index (χ0) is 9.10. The standard InChI is InChI=1S/C10H12ClNO/c11-10-8(3-2-6-12-10)7-13-9-4-1-5-9/h2-3,6,9H,1,4-5,7H2. The molecule has 0 aliphatic heterocycles. The van der Waals surface area contributed by atoms with Gasteiger partial charge in [0, 0.05) is 11.8 Å². The molecule has 0 bridgehead atoms. The maximum absolute atomic E-state index is 5.88. The smallest absolute Gasteiger partial charge is 0.134 e. The van der Waals surface area contributed by atoms with Crippen LogP contribution < -0.4 is 0 Å². The topological polar surface area (TPSA) is 22.1 Å². The Morgan fingerprint density at radius 3 is 3.00 bits per heavy atom. The molecule has 1 aliphatic rings. The second-order valence-corrected chi connectivity index (χ2v) is 3.68. The van der Waals surface area contributed by atoms with Gasteiger partial charge in [-0.15, -0.1) is 0 Å². The molecule has 2 rings (SSSR count). The molecule has 2 nitrogen and oxygen atoms in total. The lowest BCUT2D eigenvalue weighted by Gasteiger charge is -2.25. The lowest BCUT2D eigenvalue weighted by molar-refractivity contribution is -0.00872. The Kier molecular flexibility index (Phi) is 2.81. The first-order chi connectivity index (χ1) is 6.36. The first kappa shape index (κ1) is 8.97. The maximum atomic E-state index is 5.88. The van der Waals surface area contributed by atoms with E-state index in [0.29, 0.717) is 17.9 Å². The molecule has 1 saturated carbocycles. The zero-order valence-electron chi connectivity index (χ0n) is 7.37. The number of hydrogen-bond acceptors (Lipinski definition) is 2. The van der Waals surface area contributed by atoms with Crippen LogP contribution in [0.3, 0.4) is 0 Å². The minimum atomic E-state index is 0.455. The Morgan fingerprint density at radius 2 is 2.38 bits per heavy atom. The molecule has 1 aromatic heterocycles. The number of pyridine rings is 1. The van der Waals surface area contributed by atoms with Gasteiger partial charge in [-0.1, -0.05) is 17.7 Å². The Bertz CT molecular complexity index is 286. The lowest BCUT2D eigenvalue weighted by atomic mass is 9.96. The van der Waals surface area contributed by atoms with Gasteiger partial charge in [0.25, 0.3) is 0 Å². The first-order valence-electron chi connectivity index (χ1n) is 4.57. The number of nitrogens with zero attached hydrogens (tertiary/aromatic N) is 1. The van der Waals surface area contributed by atoms with E-state index in [1.807, 2.05) is 12.1 Å². The van der Waals surface area contributed by atoms with Crippen LogP contribution in [0.25, 0.3) is 0 Å². The van der Waals surface area contributed by atoms with Crippen LogP contribution in [0.1, 0.15) is 24.8 Å². The predicted octanol–water partition coefficient (Wildman–Crippen LogP) is 2.80. The quantitative estimate of drug-likeness (QED) is 0.696. The molecule has 1 heterocycles. The molecule has 0 aromatic carbocycles. The van der Waals surface area contributed by atoms with Crippen LogP contribution >= 0.6 is 11.6 Å². The van der Waals surface area contributed by atoms with Gasteiger partial charge in [-0.25, -0.2) is 4.98 Å². The molecule has 0 radical (unpaired) electrons. The highest BCUT2D eigenvalue weighted by atomic mass is 35.5. The van der Waals surface area contributed by atoms with Crippen molar-refractivity contribution in [2.45, 2.75) is 32.0 Å². The van der Waals surface area contributed by atoms with E-state index in [1.54, 1.807) is 6.20 Å². The summed E-state index contributed by atoms with van der Waals surface area (Å²) in [7, 11) is 0. The van der Waals surface area contributed by atoms with Gasteiger partial charge in [-0.05, 0) is 25.3 Å². The summed E-state index contributed by atoms with van der Waals surface area (Å²) in [5.74, 6) is 0. The largest absolute Gasteiger partial charge is 0.373 e. The first-order valence-corrected chi connectivity index (χ1v) is 4.95. The van der Waals surface area contributed by atoms with Crippen molar-refractivity contribution in [3.05, 3.63) is 29.0 Å². The average molecular weight is 198 g/mol. The van der Waals surface area contributed by atoms with Crippen molar-refractivity contribution in [2.24, 2.45) is 0 Å². The number of aromatic nitrogens is 1. The van der Waals surface area contributed by atoms with Gasteiger partial charge < -0.3 is 4.74 Å². The van der Waals surface area contributed by atoms with Crippen molar-refractivity contribution in [2.75, 3.05) is 0 Å². The molecule has 3 heteroatoms. The Labute approximate surface area is 82.9 Å². The summed E-state index contributed by atoms with van der Waals surface area (Å²) in [6, 6.07) is 3.83. The number of ether oxygens (including phenoxy) is 1. The van der Waals surface area contributed by atoms with Crippen molar-refractivity contribution in [1.82, 2.24) is 4.98 Å². The van der Waals surface area contributed by atoms with Crippen LogP contribution in [-0.2, 0) is 11.3 Å². The van der Waals surface area contributed by atoms with E-state index in [0.717, 1.165) is 5.56 Å². The molecular formula is C10H12ClNO. The van der Waals surface area contributed by atoms with Gasteiger partial charge in [-0.3, -0.25) is 0 Å². The monoisotopic (exact) mass is 197 g/mol. The van der Waals surface area contributed by atoms with E-state index in [9.17, 15) is 0 Å². The number of hydrogen-bond donors (Lipinski definition) is 0. The number of halogens is 1. The van der Waals surface area contributed by atoms with Gasteiger partial charge in [0.2, 0.25) is 0 Å². The Balaban J connectivity index is 1.89. The zero-order valence-corrected chi connectivity index (χ0v) is 8.13. The Hall–Kier alpha value is -0.600.